The Morgan fingerprint density at radius 3 is 2.75 bits per heavy atom. The summed E-state index contributed by atoms with van der Waals surface area (Å²) in [5.74, 6) is 0.156. The van der Waals surface area contributed by atoms with Crippen molar-refractivity contribution in [2.75, 3.05) is 18.0 Å². The lowest BCUT2D eigenvalue weighted by molar-refractivity contribution is 0.130. The van der Waals surface area contributed by atoms with Crippen molar-refractivity contribution < 1.29 is 10.2 Å². The Morgan fingerprint density at radius 1 is 1.17 bits per heavy atom. The van der Waals surface area contributed by atoms with Gasteiger partial charge in [-0.3, -0.25) is 0 Å². The number of anilines is 1. The molecule has 1 saturated heterocycles. The molecule has 5 heteroatoms. The third kappa shape index (κ3) is 2.90. The van der Waals surface area contributed by atoms with Crippen LogP contribution in [0.5, 0.6) is 0 Å². The molecular weight excluding hydrogens is 320 g/mol. The first-order valence-electron chi connectivity index (χ1n) is 8.21. The minimum atomic E-state index is -0.415. The van der Waals surface area contributed by atoms with Crippen LogP contribution in [0.15, 0.2) is 47.8 Å². The highest BCUT2D eigenvalue weighted by Gasteiger charge is 2.30. The van der Waals surface area contributed by atoms with Crippen molar-refractivity contribution in [1.82, 2.24) is 4.98 Å². The van der Waals surface area contributed by atoms with Crippen LogP contribution in [0.2, 0.25) is 0 Å². The molecule has 3 aromatic rings. The molecule has 0 saturated carbocycles. The van der Waals surface area contributed by atoms with Gasteiger partial charge in [0.15, 0.2) is 5.13 Å². The summed E-state index contributed by atoms with van der Waals surface area (Å²) >= 11 is 1.53. The maximum Gasteiger partial charge on any atom is 0.185 e. The Balaban J connectivity index is 1.53. The van der Waals surface area contributed by atoms with Crippen molar-refractivity contribution in [3.8, 4) is 0 Å². The van der Waals surface area contributed by atoms with Crippen LogP contribution in [0.4, 0.5) is 5.13 Å². The first kappa shape index (κ1) is 15.6. The van der Waals surface area contributed by atoms with Gasteiger partial charge in [0.2, 0.25) is 0 Å². The molecule has 124 valence electrons. The number of fused-ring (bicyclic) bond motifs is 1. The third-order valence-electron chi connectivity index (χ3n) is 4.76. The fourth-order valence-corrected chi connectivity index (χ4v) is 4.30. The maximum absolute atomic E-state index is 10.7. The SMILES string of the molecule is OCc1csc(N2CC[C@@H](c3ccc4ccccc4c3)[C@H](O)C2)n1. The smallest absolute Gasteiger partial charge is 0.185 e. The lowest BCUT2D eigenvalue weighted by Crippen LogP contribution is -2.42. The van der Waals surface area contributed by atoms with E-state index >= 15 is 0 Å². The second-order valence-electron chi connectivity index (χ2n) is 6.29. The van der Waals surface area contributed by atoms with Crippen LogP contribution in [0, 0.1) is 0 Å². The summed E-state index contributed by atoms with van der Waals surface area (Å²) in [6.07, 6.45) is 0.481. The second-order valence-corrected chi connectivity index (χ2v) is 7.13. The number of piperidine rings is 1. The van der Waals surface area contributed by atoms with Gasteiger partial charge in [0.05, 0.1) is 18.4 Å². The third-order valence-corrected chi connectivity index (χ3v) is 5.71. The number of hydrogen-bond acceptors (Lipinski definition) is 5. The summed E-state index contributed by atoms with van der Waals surface area (Å²) in [6.45, 7) is 1.41. The number of hydrogen-bond donors (Lipinski definition) is 2. The average molecular weight is 340 g/mol. The number of thiazole rings is 1. The molecule has 1 aromatic heterocycles. The molecule has 0 radical (unpaired) electrons. The van der Waals surface area contributed by atoms with Gasteiger partial charge in [0, 0.05) is 24.4 Å². The Morgan fingerprint density at radius 2 is 2.00 bits per heavy atom. The largest absolute Gasteiger partial charge is 0.391 e. The second kappa shape index (κ2) is 6.51. The molecule has 4 rings (SSSR count). The van der Waals surface area contributed by atoms with Crippen LogP contribution in [-0.2, 0) is 6.61 Å². The van der Waals surface area contributed by atoms with E-state index in [-0.39, 0.29) is 12.5 Å². The van der Waals surface area contributed by atoms with Gasteiger partial charge in [-0.15, -0.1) is 11.3 Å². The maximum atomic E-state index is 10.7. The summed E-state index contributed by atoms with van der Waals surface area (Å²) in [7, 11) is 0. The van der Waals surface area contributed by atoms with Crippen LogP contribution in [0.25, 0.3) is 10.8 Å². The Bertz CT molecular complexity index is 848. The van der Waals surface area contributed by atoms with Crippen molar-refractivity contribution in [3.63, 3.8) is 0 Å². The fourth-order valence-electron chi connectivity index (χ4n) is 3.45. The summed E-state index contributed by atoms with van der Waals surface area (Å²) < 4.78 is 0. The molecule has 2 aromatic carbocycles. The number of benzene rings is 2. The summed E-state index contributed by atoms with van der Waals surface area (Å²) in [5, 5.41) is 25.0. The van der Waals surface area contributed by atoms with Crippen LogP contribution in [-0.4, -0.2) is 34.4 Å². The zero-order chi connectivity index (χ0) is 16.5. The van der Waals surface area contributed by atoms with Crippen LogP contribution in [0.3, 0.4) is 0 Å². The lowest BCUT2D eigenvalue weighted by atomic mass is 9.86. The first-order valence-corrected chi connectivity index (χ1v) is 9.09. The number of aliphatic hydroxyl groups is 2. The predicted octanol–water partition coefficient (Wildman–Crippen LogP) is 3.14. The van der Waals surface area contributed by atoms with E-state index in [4.69, 9.17) is 5.11 Å². The van der Waals surface area contributed by atoms with E-state index in [2.05, 4.69) is 40.2 Å². The van der Waals surface area contributed by atoms with Crippen molar-refractivity contribution in [2.45, 2.75) is 25.0 Å². The summed E-state index contributed by atoms with van der Waals surface area (Å²) in [4.78, 5) is 6.53. The summed E-state index contributed by atoms with van der Waals surface area (Å²) in [5.41, 5.74) is 1.90. The minimum Gasteiger partial charge on any atom is -0.391 e. The molecule has 1 aliphatic heterocycles. The van der Waals surface area contributed by atoms with Gasteiger partial charge in [-0.25, -0.2) is 4.98 Å². The molecule has 0 unspecified atom stereocenters. The number of nitrogens with zero attached hydrogens (tertiary/aromatic N) is 2. The highest BCUT2D eigenvalue weighted by molar-refractivity contribution is 7.13. The molecular formula is C19H20N2O2S. The van der Waals surface area contributed by atoms with Crippen molar-refractivity contribution in [2.24, 2.45) is 0 Å². The lowest BCUT2D eigenvalue weighted by Gasteiger charge is -2.36. The zero-order valence-corrected chi connectivity index (χ0v) is 14.1. The van der Waals surface area contributed by atoms with E-state index in [1.807, 2.05) is 17.5 Å². The topological polar surface area (TPSA) is 56.6 Å². The van der Waals surface area contributed by atoms with Gasteiger partial charge in [-0.05, 0) is 22.8 Å². The number of β-amino-alcohol motifs (C(OH)–C–C–N with tert-alkyl or cyclic N) is 1. The van der Waals surface area contributed by atoms with E-state index in [9.17, 15) is 5.11 Å². The van der Waals surface area contributed by atoms with Gasteiger partial charge in [-0.2, -0.15) is 0 Å². The van der Waals surface area contributed by atoms with Crippen molar-refractivity contribution in [3.05, 3.63) is 59.1 Å². The number of rotatable bonds is 3. The molecule has 1 aliphatic rings. The summed E-state index contributed by atoms with van der Waals surface area (Å²) in [6, 6.07) is 14.8. The molecule has 0 amide bonds. The Hall–Kier alpha value is -1.95. The van der Waals surface area contributed by atoms with E-state index in [1.165, 1.54) is 27.7 Å². The van der Waals surface area contributed by atoms with Crippen molar-refractivity contribution >= 4 is 27.2 Å². The van der Waals surface area contributed by atoms with Crippen molar-refractivity contribution in [1.29, 1.82) is 0 Å². The van der Waals surface area contributed by atoms with Crippen LogP contribution >= 0.6 is 11.3 Å². The monoisotopic (exact) mass is 340 g/mol. The molecule has 2 atom stereocenters. The van der Waals surface area contributed by atoms with E-state index in [1.54, 1.807) is 0 Å². The quantitative estimate of drug-likeness (QED) is 0.769. The minimum absolute atomic E-state index is 0.0351. The molecule has 0 aliphatic carbocycles. The molecule has 2 N–H and O–H groups in total. The standard InChI is InChI=1S/C19H20N2O2S/c22-11-16-12-24-19(20-16)21-8-7-17(18(23)10-21)15-6-5-13-3-1-2-4-14(13)9-15/h1-6,9,12,17-18,22-23H,7-8,10-11H2/t17-,18+/m0/s1. The molecule has 0 bridgehead atoms. The van der Waals surface area contributed by atoms with E-state index in [0.29, 0.717) is 12.2 Å². The van der Waals surface area contributed by atoms with Crippen LogP contribution in [0.1, 0.15) is 23.6 Å². The molecule has 2 heterocycles. The average Bonchev–Trinajstić information content (AvgIpc) is 3.10. The van der Waals surface area contributed by atoms with Gasteiger partial charge < -0.3 is 15.1 Å². The molecule has 4 nitrogen and oxygen atoms in total. The number of aromatic nitrogens is 1. The highest BCUT2D eigenvalue weighted by atomic mass is 32.1. The highest BCUT2D eigenvalue weighted by Crippen LogP contribution is 2.33. The Kier molecular flexibility index (Phi) is 4.22. The van der Waals surface area contributed by atoms with Gasteiger partial charge in [-0.1, -0.05) is 42.5 Å². The zero-order valence-electron chi connectivity index (χ0n) is 13.3. The fraction of sp³-hybridized carbons (Fsp3) is 0.316. The van der Waals surface area contributed by atoms with Gasteiger partial charge >= 0.3 is 0 Å². The predicted molar refractivity (Wildman–Crippen MR) is 97.6 cm³/mol. The molecule has 24 heavy (non-hydrogen) atoms. The van der Waals surface area contributed by atoms with Crippen LogP contribution < -0.4 is 4.90 Å². The first-order chi connectivity index (χ1) is 11.7. The van der Waals surface area contributed by atoms with Gasteiger partial charge in [0.25, 0.3) is 0 Å². The van der Waals surface area contributed by atoms with Gasteiger partial charge in [0.1, 0.15) is 0 Å². The molecule has 0 spiro atoms. The van der Waals surface area contributed by atoms with E-state index < -0.39 is 6.10 Å². The molecule has 1 fully saturated rings. The normalized spacial score (nSPS) is 21.3. The van der Waals surface area contributed by atoms with E-state index in [0.717, 1.165) is 18.1 Å². The number of aliphatic hydroxyl groups excluding tert-OH is 2. The Labute approximate surface area is 145 Å².